The van der Waals surface area contributed by atoms with Gasteiger partial charge in [-0.25, -0.2) is 0 Å². The van der Waals surface area contributed by atoms with Gasteiger partial charge in [0.15, 0.2) is 0 Å². The highest BCUT2D eigenvalue weighted by molar-refractivity contribution is 9.13. The maximum atomic E-state index is 3.63. The van der Waals surface area contributed by atoms with E-state index < -0.39 is 0 Å². The van der Waals surface area contributed by atoms with Crippen molar-refractivity contribution in [1.82, 2.24) is 10.2 Å². The Hall–Kier alpha value is 0.580. The van der Waals surface area contributed by atoms with Crippen LogP contribution in [0.3, 0.4) is 0 Å². The molecule has 0 radical (unpaired) electrons. The van der Waals surface area contributed by atoms with Crippen molar-refractivity contribution in [3.05, 3.63) is 19.2 Å². The molecule has 2 aliphatic rings. The fourth-order valence-electron chi connectivity index (χ4n) is 2.64. The number of piperazine rings is 1. The van der Waals surface area contributed by atoms with Crippen LogP contribution in [0.2, 0.25) is 0 Å². The number of thiophene rings is 1. The number of hydrogen-bond acceptors (Lipinski definition) is 3. The Bertz CT molecular complexity index is 392. The number of nitrogens with one attached hydrogen (secondary N) is 1. The van der Waals surface area contributed by atoms with Crippen molar-refractivity contribution in [1.29, 1.82) is 0 Å². The zero-order valence-corrected chi connectivity index (χ0v) is 14.3. The molecule has 2 fully saturated rings. The summed E-state index contributed by atoms with van der Waals surface area (Å²) in [5, 5.41) is 3.45. The van der Waals surface area contributed by atoms with Crippen LogP contribution in [0.4, 0.5) is 0 Å². The first-order chi connectivity index (χ1) is 8.74. The minimum absolute atomic E-state index is 0.632. The molecule has 100 valence electrons. The summed E-state index contributed by atoms with van der Waals surface area (Å²) in [6.07, 6.45) is 4.23. The third-order valence-corrected chi connectivity index (χ3v) is 7.20. The van der Waals surface area contributed by atoms with Crippen LogP contribution in [-0.2, 0) is 0 Å². The molecule has 3 rings (SSSR count). The molecule has 1 saturated heterocycles. The summed E-state index contributed by atoms with van der Waals surface area (Å²) < 4.78 is 2.44. The van der Waals surface area contributed by atoms with E-state index in [0.717, 1.165) is 19.0 Å². The first-order valence-corrected chi connectivity index (χ1v) is 9.04. The lowest BCUT2D eigenvalue weighted by Crippen LogP contribution is -2.45. The molecule has 0 unspecified atom stereocenters. The van der Waals surface area contributed by atoms with Crippen LogP contribution in [-0.4, -0.2) is 31.1 Å². The molecule has 2 nitrogen and oxygen atoms in total. The smallest absolute Gasteiger partial charge is 0.0843 e. The van der Waals surface area contributed by atoms with Gasteiger partial charge in [-0.1, -0.05) is 12.8 Å². The molecule has 1 atom stereocenters. The van der Waals surface area contributed by atoms with E-state index >= 15 is 0 Å². The first-order valence-electron chi connectivity index (χ1n) is 6.63. The van der Waals surface area contributed by atoms with Gasteiger partial charge in [0, 0.05) is 41.6 Å². The fraction of sp³-hybridized carbons (Fsp3) is 0.692. The monoisotopic (exact) mass is 392 g/mol. The average molecular weight is 394 g/mol. The van der Waals surface area contributed by atoms with E-state index in [4.69, 9.17) is 0 Å². The highest BCUT2D eigenvalue weighted by Gasteiger charge is 2.31. The molecule has 18 heavy (non-hydrogen) atoms. The van der Waals surface area contributed by atoms with Crippen LogP contribution in [0.25, 0.3) is 0 Å². The molecule has 0 amide bonds. The van der Waals surface area contributed by atoms with Gasteiger partial charge in [-0.15, -0.1) is 11.3 Å². The molecule has 1 N–H and O–H groups in total. The molecule has 1 aromatic rings. The van der Waals surface area contributed by atoms with Crippen molar-refractivity contribution in [3.63, 3.8) is 0 Å². The molecule has 0 bridgehead atoms. The van der Waals surface area contributed by atoms with Gasteiger partial charge in [0.05, 0.1) is 3.79 Å². The Balaban J connectivity index is 1.78. The summed E-state index contributed by atoms with van der Waals surface area (Å²) in [5.41, 5.74) is 0. The first kappa shape index (κ1) is 13.6. The lowest BCUT2D eigenvalue weighted by Gasteiger charge is -2.34. The van der Waals surface area contributed by atoms with Crippen LogP contribution in [0.15, 0.2) is 14.3 Å². The summed E-state index contributed by atoms with van der Waals surface area (Å²) in [6.45, 7) is 4.64. The van der Waals surface area contributed by atoms with E-state index in [0.29, 0.717) is 6.04 Å². The quantitative estimate of drug-likeness (QED) is 0.830. The Morgan fingerprint density at radius 3 is 2.61 bits per heavy atom. The van der Waals surface area contributed by atoms with Crippen molar-refractivity contribution in [2.45, 2.75) is 25.3 Å². The van der Waals surface area contributed by atoms with E-state index in [9.17, 15) is 0 Å². The van der Waals surface area contributed by atoms with E-state index in [1.54, 1.807) is 0 Å². The number of halogens is 2. The third-order valence-electron chi connectivity index (χ3n) is 3.84. The van der Waals surface area contributed by atoms with Crippen molar-refractivity contribution >= 4 is 43.2 Å². The second kappa shape index (κ2) is 5.92. The summed E-state index contributed by atoms with van der Waals surface area (Å²) in [7, 11) is 0. The van der Waals surface area contributed by atoms with Crippen molar-refractivity contribution < 1.29 is 0 Å². The van der Waals surface area contributed by atoms with E-state index in [2.05, 4.69) is 48.1 Å². The van der Waals surface area contributed by atoms with Crippen LogP contribution < -0.4 is 5.32 Å². The van der Waals surface area contributed by atoms with Gasteiger partial charge < -0.3 is 5.32 Å². The van der Waals surface area contributed by atoms with Crippen LogP contribution >= 0.6 is 43.2 Å². The highest BCUT2D eigenvalue weighted by atomic mass is 79.9. The largest absolute Gasteiger partial charge is 0.314 e. The highest BCUT2D eigenvalue weighted by Crippen LogP contribution is 2.44. The van der Waals surface area contributed by atoms with Crippen LogP contribution in [0.5, 0.6) is 0 Å². The molecule has 5 heteroatoms. The van der Waals surface area contributed by atoms with Crippen molar-refractivity contribution in [3.8, 4) is 0 Å². The molecular formula is C13H18Br2N2S. The molecule has 0 spiro atoms. The lowest BCUT2D eigenvalue weighted by molar-refractivity contribution is 0.163. The zero-order chi connectivity index (χ0) is 12.5. The molecule has 1 aromatic heterocycles. The van der Waals surface area contributed by atoms with Crippen molar-refractivity contribution in [2.75, 3.05) is 26.2 Å². The molecule has 1 saturated carbocycles. The predicted molar refractivity (Wildman–Crippen MR) is 84.2 cm³/mol. The minimum Gasteiger partial charge on any atom is -0.314 e. The second-order valence-electron chi connectivity index (χ2n) is 5.25. The molecule has 1 aliphatic heterocycles. The Morgan fingerprint density at radius 2 is 2.06 bits per heavy atom. The number of hydrogen-bond donors (Lipinski definition) is 1. The van der Waals surface area contributed by atoms with Gasteiger partial charge in [-0.2, -0.15) is 0 Å². The Labute approximate surface area is 129 Å². The van der Waals surface area contributed by atoms with Gasteiger partial charge in [0.25, 0.3) is 0 Å². The summed E-state index contributed by atoms with van der Waals surface area (Å²) in [5.74, 6) is 0.976. The summed E-state index contributed by atoms with van der Waals surface area (Å²) >= 11 is 9.15. The fourth-order valence-corrected chi connectivity index (χ4v) is 4.87. The Kier molecular flexibility index (Phi) is 4.46. The predicted octanol–water partition coefficient (Wildman–Crippen LogP) is 4.02. The van der Waals surface area contributed by atoms with Gasteiger partial charge in [-0.05, 0) is 50.3 Å². The third kappa shape index (κ3) is 3.18. The molecular weight excluding hydrogens is 376 g/mol. The maximum Gasteiger partial charge on any atom is 0.0843 e. The van der Waals surface area contributed by atoms with Gasteiger partial charge >= 0.3 is 0 Å². The zero-order valence-electron chi connectivity index (χ0n) is 10.3. The number of rotatable bonds is 4. The standard InChI is InChI=1S/C13H18Br2N2S/c14-10-8-12(18-13(10)15)11(7-9-1-2-9)17-5-3-16-4-6-17/h8-9,11,16H,1-7H2/t11-/m1/s1. The van der Waals surface area contributed by atoms with E-state index in [1.807, 2.05) is 11.3 Å². The van der Waals surface area contributed by atoms with Crippen LogP contribution in [0.1, 0.15) is 30.2 Å². The SMILES string of the molecule is Brc1cc([C@@H](CC2CC2)N2CCNCC2)sc1Br. The molecule has 2 heterocycles. The minimum atomic E-state index is 0.632. The average Bonchev–Trinajstić information content (AvgIpc) is 3.14. The number of nitrogens with zero attached hydrogens (tertiary/aromatic N) is 1. The van der Waals surface area contributed by atoms with Gasteiger partial charge in [0.2, 0.25) is 0 Å². The normalized spacial score (nSPS) is 23.2. The van der Waals surface area contributed by atoms with Gasteiger partial charge in [0.1, 0.15) is 0 Å². The lowest BCUT2D eigenvalue weighted by atomic mass is 10.1. The maximum absolute atomic E-state index is 3.63. The summed E-state index contributed by atoms with van der Waals surface area (Å²) in [6, 6.07) is 2.94. The molecule has 0 aromatic carbocycles. The van der Waals surface area contributed by atoms with Gasteiger partial charge in [-0.3, -0.25) is 4.90 Å². The summed E-state index contributed by atoms with van der Waals surface area (Å²) in [4.78, 5) is 4.18. The molecule has 1 aliphatic carbocycles. The second-order valence-corrected chi connectivity index (χ2v) is 8.51. The Morgan fingerprint density at radius 1 is 1.33 bits per heavy atom. The van der Waals surface area contributed by atoms with Crippen molar-refractivity contribution in [2.24, 2.45) is 5.92 Å². The topological polar surface area (TPSA) is 15.3 Å². The van der Waals surface area contributed by atoms with E-state index in [1.165, 1.54) is 45.5 Å². The van der Waals surface area contributed by atoms with E-state index in [-0.39, 0.29) is 0 Å². The van der Waals surface area contributed by atoms with Crippen LogP contribution in [0, 0.1) is 5.92 Å².